The molecule has 0 N–H and O–H groups in total. The maximum absolute atomic E-state index is 10.9. The number of hydrogen-bond acceptors (Lipinski definition) is 5. The first-order valence-corrected chi connectivity index (χ1v) is 8.50. The Labute approximate surface area is 140 Å². The lowest BCUT2D eigenvalue weighted by Gasteiger charge is -2.13. The Bertz CT molecular complexity index is 670. The van der Waals surface area contributed by atoms with Gasteiger partial charge in [-0.05, 0) is 49.1 Å². The van der Waals surface area contributed by atoms with Crippen molar-refractivity contribution in [1.29, 1.82) is 0 Å². The highest BCUT2D eigenvalue weighted by atomic mass is 32.2. The SMILES string of the molecule is CCOc1cc(C=O)ccc1OCc1ccc(SC)c(OC)c1. The van der Waals surface area contributed by atoms with E-state index in [0.29, 0.717) is 30.3 Å². The van der Waals surface area contributed by atoms with Crippen molar-refractivity contribution >= 4 is 18.0 Å². The van der Waals surface area contributed by atoms with Crippen LogP contribution < -0.4 is 14.2 Å². The van der Waals surface area contributed by atoms with Crippen LogP contribution in [0.1, 0.15) is 22.8 Å². The van der Waals surface area contributed by atoms with Crippen molar-refractivity contribution in [3.63, 3.8) is 0 Å². The van der Waals surface area contributed by atoms with Gasteiger partial charge in [-0.2, -0.15) is 0 Å². The van der Waals surface area contributed by atoms with Gasteiger partial charge in [0, 0.05) is 10.5 Å². The number of ether oxygens (including phenoxy) is 3. The molecule has 5 heteroatoms. The Morgan fingerprint density at radius 2 is 1.87 bits per heavy atom. The molecule has 23 heavy (non-hydrogen) atoms. The maximum atomic E-state index is 10.9. The quantitative estimate of drug-likeness (QED) is 0.535. The summed E-state index contributed by atoms with van der Waals surface area (Å²) in [5.74, 6) is 2.02. The normalized spacial score (nSPS) is 10.2. The van der Waals surface area contributed by atoms with Crippen LogP contribution >= 0.6 is 11.8 Å². The predicted octanol–water partition coefficient (Wildman–Crippen LogP) is 4.21. The summed E-state index contributed by atoms with van der Waals surface area (Å²) in [5, 5.41) is 0. The summed E-state index contributed by atoms with van der Waals surface area (Å²) in [5.41, 5.74) is 1.56. The standard InChI is InChI=1S/C18H20O4S/c1-4-21-16-9-13(11-19)5-7-15(16)22-12-14-6-8-18(23-3)17(10-14)20-2/h5-11H,4,12H2,1-3H3. The minimum Gasteiger partial charge on any atom is -0.496 e. The highest BCUT2D eigenvalue weighted by Crippen LogP contribution is 2.31. The molecule has 0 amide bonds. The average molecular weight is 332 g/mol. The molecule has 2 rings (SSSR count). The number of rotatable bonds is 8. The summed E-state index contributed by atoms with van der Waals surface area (Å²) in [6.45, 7) is 2.80. The molecule has 0 aliphatic heterocycles. The zero-order valence-electron chi connectivity index (χ0n) is 13.5. The van der Waals surface area contributed by atoms with E-state index in [1.807, 2.05) is 31.4 Å². The first-order chi connectivity index (χ1) is 11.2. The second kappa shape index (κ2) is 8.48. The van der Waals surface area contributed by atoms with E-state index in [1.54, 1.807) is 37.1 Å². The zero-order valence-corrected chi connectivity index (χ0v) is 14.3. The van der Waals surface area contributed by atoms with Crippen LogP contribution in [-0.2, 0) is 6.61 Å². The van der Waals surface area contributed by atoms with Crippen LogP contribution in [0.2, 0.25) is 0 Å². The van der Waals surface area contributed by atoms with Crippen molar-refractivity contribution in [2.75, 3.05) is 20.0 Å². The third kappa shape index (κ3) is 4.42. The summed E-state index contributed by atoms with van der Waals surface area (Å²) in [6, 6.07) is 11.1. The summed E-state index contributed by atoms with van der Waals surface area (Å²) in [6.07, 6.45) is 2.80. The van der Waals surface area contributed by atoms with Crippen molar-refractivity contribution < 1.29 is 19.0 Å². The molecular weight excluding hydrogens is 312 g/mol. The van der Waals surface area contributed by atoms with Gasteiger partial charge < -0.3 is 14.2 Å². The Kier molecular flexibility index (Phi) is 6.35. The van der Waals surface area contributed by atoms with Gasteiger partial charge in [0.25, 0.3) is 0 Å². The van der Waals surface area contributed by atoms with E-state index in [-0.39, 0.29) is 0 Å². The molecule has 2 aromatic rings. The number of thioether (sulfide) groups is 1. The van der Waals surface area contributed by atoms with E-state index in [0.717, 1.165) is 22.5 Å². The van der Waals surface area contributed by atoms with Crippen molar-refractivity contribution in [2.45, 2.75) is 18.4 Å². The van der Waals surface area contributed by atoms with Crippen LogP contribution in [0.3, 0.4) is 0 Å². The second-order valence-corrected chi connectivity index (χ2v) is 5.58. The number of hydrogen-bond donors (Lipinski definition) is 0. The van der Waals surface area contributed by atoms with Crippen LogP contribution in [0.15, 0.2) is 41.3 Å². The van der Waals surface area contributed by atoms with Gasteiger partial charge in [0.05, 0.1) is 13.7 Å². The molecule has 0 aromatic heterocycles. The van der Waals surface area contributed by atoms with Crippen LogP contribution in [0.4, 0.5) is 0 Å². The van der Waals surface area contributed by atoms with Gasteiger partial charge in [-0.25, -0.2) is 0 Å². The Hall–Kier alpha value is -2.14. The molecule has 0 saturated heterocycles. The van der Waals surface area contributed by atoms with E-state index in [2.05, 4.69) is 0 Å². The molecule has 0 unspecified atom stereocenters. The van der Waals surface area contributed by atoms with Gasteiger partial charge in [0.1, 0.15) is 18.6 Å². The van der Waals surface area contributed by atoms with Gasteiger partial charge in [0.15, 0.2) is 11.5 Å². The molecule has 0 fully saturated rings. The summed E-state index contributed by atoms with van der Waals surface area (Å²) in [4.78, 5) is 12.0. The molecule has 0 aliphatic carbocycles. The lowest BCUT2D eigenvalue weighted by Crippen LogP contribution is -2.01. The fourth-order valence-electron chi connectivity index (χ4n) is 2.12. The number of carbonyl (C=O) groups is 1. The third-order valence-electron chi connectivity index (χ3n) is 3.25. The molecule has 0 radical (unpaired) electrons. The van der Waals surface area contributed by atoms with Crippen molar-refractivity contribution in [3.8, 4) is 17.2 Å². The monoisotopic (exact) mass is 332 g/mol. The highest BCUT2D eigenvalue weighted by molar-refractivity contribution is 7.98. The molecular formula is C18H20O4S. The third-order valence-corrected chi connectivity index (χ3v) is 4.02. The topological polar surface area (TPSA) is 44.8 Å². The predicted molar refractivity (Wildman–Crippen MR) is 92.1 cm³/mol. The second-order valence-electron chi connectivity index (χ2n) is 4.74. The fourth-order valence-corrected chi connectivity index (χ4v) is 2.66. The van der Waals surface area contributed by atoms with Crippen LogP contribution in [0.5, 0.6) is 17.2 Å². The minimum absolute atomic E-state index is 0.394. The molecule has 2 aromatic carbocycles. The first kappa shape index (κ1) is 17.2. The van der Waals surface area contributed by atoms with Gasteiger partial charge >= 0.3 is 0 Å². The minimum atomic E-state index is 0.394. The lowest BCUT2D eigenvalue weighted by atomic mass is 10.2. The summed E-state index contributed by atoms with van der Waals surface area (Å²) < 4.78 is 16.8. The number of methoxy groups -OCH3 is 1. The van der Waals surface area contributed by atoms with Crippen molar-refractivity contribution in [3.05, 3.63) is 47.5 Å². The summed E-state index contributed by atoms with van der Waals surface area (Å²) in [7, 11) is 1.66. The lowest BCUT2D eigenvalue weighted by molar-refractivity contribution is 0.112. The van der Waals surface area contributed by atoms with E-state index < -0.39 is 0 Å². The molecule has 122 valence electrons. The van der Waals surface area contributed by atoms with Gasteiger partial charge in [-0.1, -0.05) is 6.07 Å². The molecule has 0 bridgehead atoms. The maximum Gasteiger partial charge on any atom is 0.161 e. The molecule has 0 saturated carbocycles. The molecule has 4 nitrogen and oxygen atoms in total. The van der Waals surface area contributed by atoms with E-state index >= 15 is 0 Å². The Morgan fingerprint density at radius 1 is 1.04 bits per heavy atom. The Morgan fingerprint density at radius 3 is 2.52 bits per heavy atom. The van der Waals surface area contributed by atoms with Crippen LogP contribution in [0, 0.1) is 0 Å². The van der Waals surface area contributed by atoms with Gasteiger partial charge in [0.2, 0.25) is 0 Å². The highest BCUT2D eigenvalue weighted by Gasteiger charge is 2.08. The summed E-state index contributed by atoms with van der Waals surface area (Å²) >= 11 is 1.64. The van der Waals surface area contributed by atoms with Crippen LogP contribution in [-0.4, -0.2) is 26.3 Å². The number of aldehydes is 1. The van der Waals surface area contributed by atoms with E-state index in [1.165, 1.54) is 0 Å². The van der Waals surface area contributed by atoms with Gasteiger partial charge in [-0.15, -0.1) is 11.8 Å². The fraction of sp³-hybridized carbons (Fsp3) is 0.278. The number of carbonyl (C=O) groups excluding carboxylic acids is 1. The van der Waals surface area contributed by atoms with Crippen LogP contribution in [0.25, 0.3) is 0 Å². The molecule has 0 aliphatic rings. The molecule has 0 atom stereocenters. The van der Waals surface area contributed by atoms with Crippen molar-refractivity contribution in [1.82, 2.24) is 0 Å². The zero-order chi connectivity index (χ0) is 16.7. The van der Waals surface area contributed by atoms with Gasteiger partial charge in [-0.3, -0.25) is 4.79 Å². The van der Waals surface area contributed by atoms with E-state index in [4.69, 9.17) is 14.2 Å². The Balaban J connectivity index is 2.15. The molecule has 0 heterocycles. The molecule has 0 spiro atoms. The largest absolute Gasteiger partial charge is 0.496 e. The van der Waals surface area contributed by atoms with Crippen molar-refractivity contribution in [2.24, 2.45) is 0 Å². The van der Waals surface area contributed by atoms with E-state index in [9.17, 15) is 4.79 Å². The number of benzene rings is 2. The first-order valence-electron chi connectivity index (χ1n) is 7.27. The average Bonchev–Trinajstić information content (AvgIpc) is 2.60. The smallest absolute Gasteiger partial charge is 0.161 e.